The Labute approximate surface area is 384 Å². The number of phenols is 1. The molecular weight excluding hydrogens is 793 g/mol. The van der Waals surface area contributed by atoms with E-state index < -0.39 is 0 Å². The number of phenolic OH excluding ortho intramolecular Hbond substituents is 1. The lowest BCUT2D eigenvalue weighted by Crippen LogP contribution is -2.34. The maximum absolute atomic E-state index is 11.2. The molecule has 0 saturated heterocycles. The summed E-state index contributed by atoms with van der Waals surface area (Å²) < 4.78 is 6.92. The zero-order valence-corrected chi connectivity index (χ0v) is 39.7. The van der Waals surface area contributed by atoms with E-state index in [2.05, 4.69) is 189 Å². The van der Waals surface area contributed by atoms with Gasteiger partial charge in [-0.3, -0.25) is 0 Å². The Bertz CT molecular complexity index is 3350. The average Bonchev–Trinajstić information content (AvgIpc) is 3.72. The zero-order chi connectivity index (χ0) is 45.2. The van der Waals surface area contributed by atoms with Gasteiger partial charge in [0.25, 0.3) is 0 Å². The van der Waals surface area contributed by atoms with Crippen LogP contribution >= 0.6 is 0 Å². The quantitative estimate of drug-likeness (QED) is 0.185. The van der Waals surface area contributed by atoms with Crippen molar-refractivity contribution in [3.05, 3.63) is 155 Å². The Hall–Kier alpha value is -6.26. The van der Waals surface area contributed by atoms with Gasteiger partial charge in [-0.15, -0.1) is 0 Å². The van der Waals surface area contributed by atoms with Crippen LogP contribution in [0.3, 0.4) is 0 Å². The molecule has 0 unspecified atom stereocenters. The predicted molar refractivity (Wildman–Crippen MR) is 272 cm³/mol. The van der Waals surface area contributed by atoms with Crippen molar-refractivity contribution in [2.45, 2.75) is 122 Å². The summed E-state index contributed by atoms with van der Waals surface area (Å²) >= 11 is 0. The maximum atomic E-state index is 11.2. The van der Waals surface area contributed by atoms with Gasteiger partial charge < -0.3 is 19.7 Å². The van der Waals surface area contributed by atoms with Gasteiger partial charge in [-0.25, -0.2) is 0 Å². The van der Waals surface area contributed by atoms with Crippen LogP contribution in [0.5, 0.6) is 5.75 Å². The fourth-order valence-electron chi connectivity index (χ4n) is 12.5. The molecule has 0 spiro atoms. The predicted octanol–water partition coefficient (Wildman–Crippen LogP) is 17.2. The molecule has 1 aromatic heterocycles. The van der Waals surface area contributed by atoms with E-state index in [1.165, 1.54) is 67.0 Å². The fourth-order valence-corrected chi connectivity index (χ4v) is 12.5. The Morgan fingerprint density at radius 2 is 1.12 bits per heavy atom. The molecule has 2 heterocycles. The van der Waals surface area contributed by atoms with Crippen molar-refractivity contribution >= 4 is 50.4 Å². The van der Waals surface area contributed by atoms with Gasteiger partial charge in [0, 0.05) is 50.7 Å². The third-order valence-electron chi connectivity index (χ3n) is 16.6. The highest BCUT2D eigenvalue weighted by Crippen LogP contribution is 2.62. The lowest BCUT2D eigenvalue weighted by Gasteiger charge is -2.43. The number of furan rings is 1. The summed E-state index contributed by atoms with van der Waals surface area (Å²) in [5.74, 6) is 0.216. The molecule has 65 heavy (non-hydrogen) atoms. The molecule has 8 aromatic rings. The Kier molecular flexibility index (Phi) is 8.17. The van der Waals surface area contributed by atoms with Crippen molar-refractivity contribution in [1.82, 2.24) is 0 Å². The molecule has 0 amide bonds. The number of nitrogens with one attached hydrogen (secondary N) is 1. The summed E-state index contributed by atoms with van der Waals surface area (Å²) in [6, 6.07) is 44.8. The van der Waals surface area contributed by atoms with Gasteiger partial charge in [0.2, 0.25) is 0 Å². The van der Waals surface area contributed by atoms with E-state index in [4.69, 9.17) is 4.42 Å². The number of anilines is 5. The molecule has 0 atom stereocenters. The van der Waals surface area contributed by atoms with Crippen LogP contribution in [0.1, 0.15) is 128 Å². The molecule has 2 N–H and O–H groups in total. The second-order valence-electron chi connectivity index (χ2n) is 22.9. The number of para-hydroxylation sites is 1. The molecule has 0 radical (unpaired) electrons. The third kappa shape index (κ3) is 5.74. The number of hydrogen-bond donors (Lipinski definition) is 2. The summed E-state index contributed by atoms with van der Waals surface area (Å²) in [6.07, 6.45) is 4.58. The SMILES string of the molecule is CC1(C)CCC(C)(C)c2cc(Nc3cc(O)ccc3-c3cc(N4c5cc6c(cc5-c5cccc7c5-c5c4cccc5C7(C)C)C(C)(C)CCC6(C)C)cc4oc5ccccc5c34)ccc21. The van der Waals surface area contributed by atoms with Crippen molar-refractivity contribution in [2.75, 3.05) is 10.2 Å². The third-order valence-corrected chi connectivity index (χ3v) is 16.6. The molecule has 4 nitrogen and oxygen atoms in total. The van der Waals surface area contributed by atoms with Gasteiger partial charge in [0.1, 0.15) is 16.9 Å². The monoisotopic (exact) mass is 852 g/mol. The Morgan fingerprint density at radius 1 is 0.477 bits per heavy atom. The fraction of sp³-hybridized carbons (Fsp3) is 0.311. The highest BCUT2D eigenvalue weighted by molar-refractivity contribution is 6.16. The molecule has 12 rings (SSSR count). The van der Waals surface area contributed by atoms with Gasteiger partial charge >= 0.3 is 0 Å². The van der Waals surface area contributed by atoms with Gasteiger partial charge in [0.05, 0.1) is 22.7 Å². The zero-order valence-electron chi connectivity index (χ0n) is 39.7. The molecule has 1 aliphatic heterocycles. The van der Waals surface area contributed by atoms with Gasteiger partial charge in [-0.2, -0.15) is 0 Å². The van der Waals surface area contributed by atoms with Gasteiger partial charge in [-0.05, 0) is 152 Å². The van der Waals surface area contributed by atoms with Crippen LogP contribution in [0.15, 0.2) is 126 Å². The van der Waals surface area contributed by atoms with E-state index in [0.717, 1.165) is 75.8 Å². The van der Waals surface area contributed by atoms with Crippen LogP contribution in [-0.2, 0) is 27.1 Å². The minimum absolute atomic E-state index is 0.00832. The number of hydrogen-bond acceptors (Lipinski definition) is 4. The standard InChI is InChI=1S/C61H60N2O2/c1-57(2)25-26-58(3,4)46-29-35(21-24-43(46)57)62-49-32-37(64)22-23-38(49)42-30-36(31-53-54(42)40-15-11-12-20-52(40)65-53)63-50-19-14-18-45-56(50)55-39(16-13-17-44(55)61(45,9)10)41-33-47-48(34-51(41)63)60(7,8)28-27-59(47,5)6/h11-24,29-34,62,64H,25-28H2,1-10H3. The molecule has 326 valence electrons. The molecular formula is C61H60N2O2. The van der Waals surface area contributed by atoms with Crippen molar-refractivity contribution < 1.29 is 9.52 Å². The highest BCUT2D eigenvalue weighted by atomic mass is 16.3. The average molecular weight is 853 g/mol. The number of rotatable bonds is 4. The normalized spacial score (nSPS) is 18.7. The first-order valence-electron chi connectivity index (χ1n) is 23.8. The van der Waals surface area contributed by atoms with E-state index in [9.17, 15) is 5.11 Å². The summed E-state index contributed by atoms with van der Waals surface area (Å²) in [6.45, 7) is 24.0. The lowest BCUT2D eigenvalue weighted by atomic mass is 9.62. The molecule has 0 fully saturated rings. The van der Waals surface area contributed by atoms with E-state index in [-0.39, 0.29) is 32.8 Å². The molecule has 3 aliphatic carbocycles. The van der Waals surface area contributed by atoms with Crippen molar-refractivity contribution in [3.63, 3.8) is 0 Å². The summed E-state index contributed by atoms with van der Waals surface area (Å²) in [5, 5.41) is 17.2. The van der Waals surface area contributed by atoms with Gasteiger partial charge in [-0.1, -0.05) is 124 Å². The first-order chi connectivity index (χ1) is 30.8. The van der Waals surface area contributed by atoms with E-state index >= 15 is 0 Å². The van der Waals surface area contributed by atoms with Crippen molar-refractivity contribution in [2.24, 2.45) is 0 Å². The van der Waals surface area contributed by atoms with E-state index in [0.29, 0.717) is 0 Å². The number of fused-ring (bicyclic) bond motifs is 7. The van der Waals surface area contributed by atoms with Gasteiger partial charge in [0.15, 0.2) is 0 Å². The lowest BCUT2D eigenvalue weighted by molar-refractivity contribution is 0.332. The molecule has 0 saturated carbocycles. The highest BCUT2D eigenvalue weighted by Gasteiger charge is 2.44. The topological polar surface area (TPSA) is 48.6 Å². The Morgan fingerprint density at radius 3 is 1.86 bits per heavy atom. The van der Waals surface area contributed by atoms with Crippen molar-refractivity contribution in [3.8, 4) is 39.1 Å². The molecule has 0 bridgehead atoms. The summed E-state index contributed by atoms with van der Waals surface area (Å²) in [7, 11) is 0. The van der Waals surface area contributed by atoms with Crippen LogP contribution in [0.2, 0.25) is 0 Å². The number of nitrogens with zero attached hydrogens (tertiary/aromatic N) is 1. The van der Waals surface area contributed by atoms with Crippen molar-refractivity contribution in [1.29, 1.82) is 0 Å². The van der Waals surface area contributed by atoms with Crippen LogP contribution in [0.25, 0.3) is 55.3 Å². The largest absolute Gasteiger partial charge is 0.508 e. The molecule has 4 heteroatoms. The maximum Gasteiger partial charge on any atom is 0.138 e. The molecule has 4 aliphatic rings. The van der Waals surface area contributed by atoms with Crippen LogP contribution in [0, 0.1) is 0 Å². The Balaban J connectivity index is 1.14. The summed E-state index contributed by atoms with van der Waals surface area (Å²) in [5.41, 5.74) is 22.7. The first kappa shape index (κ1) is 40.3. The number of benzene rings is 7. The minimum atomic E-state index is -0.169. The minimum Gasteiger partial charge on any atom is -0.508 e. The van der Waals surface area contributed by atoms with Crippen LogP contribution in [0.4, 0.5) is 28.4 Å². The second kappa shape index (κ2) is 13.2. The van der Waals surface area contributed by atoms with E-state index in [1.54, 1.807) is 0 Å². The second-order valence-corrected chi connectivity index (χ2v) is 22.9. The van der Waals surface area contributed by atoms with Crippen LogP contribution < -0.4 is 10.2 Å². The first-order valence-corrected chi connectivity index (χ1v) is 23.8. The molecule has 7 aromatic carbocycles. The smallest absolute Gasteiger partial charge is 0.138 e. The number of aromatic hydroxyl groups is 1. The van der Waals surface area contributed by atoms with Crippen LogP contribution in [-0.4, -0.2) is 5.11 Å². The van der Waals surface area contributed by atoms with E-state index in [1.807, 2.05) is 12.1 Å². The summed E-state index contributed by atoms with van der Waals surface area (Å²) in [4.78, 5) is 2.55.